The van der Waals surface area contributed by atoms with Gasteiger partial charge in [-0.3, -0.25) is 4.79 Å². The number of rotatable bonds is 10. The molecule has 0 aliphatic carbocycles. The van der Waals surface area contributed by atoms with Gasteiger partial charge in [-0.15, -0.1) is 11.3 Å². The summed E-state index contributed by atoms with van der Waals surface area (Å²) >= 11 is 7.47. The van der Waals surface area contributed by atoms with Crippen molar-refractivity contribution in [1.29, 1.82) is 0 Å². The lowest BCUT2D eigenvalue weighted by Crippen LogP contribution is -2.40. The highest BCUT2D eigenvalue weighted by molar-refractivity contribution is 7.80. The summed E-state index contributed by atoms with van der Waals surface area (Å²) in [5, 5.41) is 7.09. The summed E-state index contributed by atoms with van der Waals surface area (Å²) < 4.78 is 10.7. The lowest BCUT2D eigenvalue weighted by atomic mass is 10.1. The van der Waals surface area contributed by atoms with Crippen LogP contribution in [0.3, 0.4) is 0 Å². The molecule has 6 nitrogen and oxygen atoms in total. The smallest absolute Gasteiger partial charge is 0.253 e. The number of aromatic amines is 1. The number of fused-ring (bicyclic) bond motifs is 1. The van der Waals surface area contributed by atoms with Gasteiger partial charge in [0, 0.05) is 22.5 Å². The second-order valence-corrected chi connectivity index (χ2v) is 9.92. The molecule has 0 unspecified atom stereocenters. The van der Waals surface area contributed by atoms with Gasteiger partial charge in [0.2, 0.25) is 0 Å². The average molecular weight is 522 g/mol. The van der Waals surface area contributed by atoms with E-state index in [1.807, 2.05) is 36.4 Å². The van der Waals surface area contributed by atoms with Crippen molar-refractivity contribution in [2.75, 3.05) is 20.8 Å². The third-order valence-electron chi connectivity index (χ3n) is 6.11. The number of aryl methyl sites for hydroxylation is 1. The average Bonchev–Trinajstić information content (AvgIpc) is 3.41. The van der Waals surface area contributed by atoms with E-state index < -0.39 is 0 Å². The standard InChI is InChI=1S/C28H31N3O3S2/c1-4-19-7-9-24-21(14-19)16-22(27(32)30-24)17-31(18-23-6-5-13-36-23)28(35)29-12-11-20-8-10-25(33-2)26(15-20)34-3/h5-10,13-16H,4,11-12,17-18H2,1-3H3,(H,29,35)(H,30,32). The number of thiocarbonyl (C=S) groups is 1. The van der Waals surface area contributed by atoms with Crippen molar-refractivity contribution in [3.63, 3.8) is 0 Å². The number of hydrogen-bond acceptors (Lipinski definition) is 5. The molecule has 0 spiro atoms. The van der Waals surface area contributed by atoms with Crippen molar-refractivity contribution in [3.8, 4) is 11.5 Å². The normalized spacial score (nSPS) is 10.9. The lowest BCUT2D eigenvalue weighted by molar-refractivity contribution is 0.354. The molecule has 2 N–H and O–H groups in total. The Morgan fingerprint density at radius 3 is 2.56 bits per heavy atom. The van der Waals surface area contributed by atoms with Crippen LogP contribution in [-0.2, 0) is 25.9 Å². The molecule has 2 aromatic carbocycles. The van der Waals surface area contributed by atoms with Crippen LogP contribution in [0, 0.1) is 0 Å². The summed E-state index contributed by atoms with van der Waals surface area (Å²) in [5.41, 5.74) is 3.81. The third kappa shape index (κ3) is 6.25. The van der Waals surface area contributed by atoms with Crippen LogP contribution < -0.4 is 20.3 Å². The number of H-pyrrole nitrogens is 1. The van der Waals surface area contributed by atoms with E-state index in [4.69, 9.17) is 21.7 Å². The van der Waals surface area contributed by atoms with Crippen molar-refractivity contribution in [2.24, 2.45) is 0 Å². The molecule has 188 valence electrons. The van der Waals surface area contributed by atoms with Crippen molar-refractivity contribution in [1.82, 2.24) is 15.2 Å². The Balaban J connectivity index is 1.49. The van der Waals surface area contributed by atoms with Crippen molar-refractivity contribution in [3.05, 3.63) is 91.9 Å². The molecule has 4 rings (SSSR count). The number of nitrogens with one attached hydrogen (secondary N) is 2. The maximum atomic E-state index is 12.9. The van der Waals surface area contributed by atoms with Gasteiger partial charge in [0.1, 0.15) is 0 Å². The second kappa shape index (κ2) is 12.1. The number of nitrogens with zero attached hydrogens (tertiary/aromatic N) is 1. The van der Waals surface area contributed by atoms with E-state index in [9.17, 15) is 4.79 Å². The first kappa shape index (κ1) is 25.7. The zero-order valence-electron chi connectivity index (χ0n) is 20.8. The van der Waals surface area contributed by atoms with Gasteiger partial charge in [-0.25, -0.2) is 0 Å². The zero-order valence-corrected chi connectivity index (χ0v) is 22.4. The topological polar surface area (TPSA) is 66.6 Å². The molecule has 0 saturated carbocycles. The first-order valence-electron chi connectivity index (χ1n) is 11.9. The maximum absolute atomic E-state index is 12.9. The van der Waals surface area contributed by atoms with Gasteiger partial charge in [-0.1, -0.05) is 25.1 Å². The highest BCUT2D eigenvalue weighted by atomic mass is 32.1. The SMILES string of the molecule is CCc1ccc2[nH]c(=O)c(CN(Cc3cccs3)C(=S)NCCc3ccc(OC)c(OC)c3)cc2c1. The van der Waals surface area contributed by atoms with E-state index in [-0.39, 0.29) is 5.56 Å². The first-order chi connectivity index (χ1) is 17.5. The van der Waals surface area contributed by atoms with Crippen LogP contribution >= 0.6 is 23.6 Å². The van der Waals surface area contributed by atoms with Crippen molar-refractivity contribution >= 4 is 39.6 Å². The fourth-order valence-corrected chi connectivity index (χ4v) is 5.05. The fourth-order valence-electron chi connectivity index (χ4n) is 4.10. The van der Waals surface area contributed by atoms with Crippen LogP contribution in [0.15, 0.2) is 64.8 Å². The van der Waals surface area contributed by atoms with Gasteiger partial charge in [-0.2, -0.15) is 0 Å². The summed E-state index contributed by atoms with van der Waals surface area (Å²) in [6.45, 7) is 3.83. The van der Waals surface area contributed by atoms with Gasteiger partial charge in [0.05, 0.1) is 27.3 Å². The Bertz CT molecular complexity index is 1380. The van der Waals surface area contributed by atoms with Crippen LogP contribution in [-0.4, -0.2) is 35.8 Å². The molecule has 8 heteroatoms. The largest absolute Gasteiger partial charge is 0.493 e. The molecule has 2 aromatic heterocycles. The van der Waals surface area contributed by atoms with Crippen molar-refractivity contribution < 1.29 is 9.47 Å². The van der Waals surface area contributed by atoms with Crippen LogP contribution in [0.1, 0.15) is 28.5 Å². The minimum atomic E-state index is -0.0870. The van der Waals surface area contributed by atoms with Crippen LogP contribution in [0.4, 0.5) is 0 Å². The van der Waals surface area contributed by atoms with Crippen molar-refractivity contribution in [2.45, 2.75) is 32.9 Å². The molecule has 0 saturated heterocycles. The van der Waals surface area contributed by atoms with E-state index >= 15 is 0 Å². The molecular formula is C28H31N3O3S2. The number of benzene rings is 2. The number of thiophene rings is 1. The van der Waals surface area contributed by atoms with E-state index in [0.717, 1.165) is 29.3 Å². The summed E-state index contributed by atoms with van der Waals surface area (Å²) in [7, 11) is 3.26. The molecule has 4 aromatic rings. The summed E-state index contributed by atoms with van der Waals surface area (Å²) in [6.07, 6.45) is 1.71. The molecule has 0 radical (unpaired) electrons. The summed E-state index contributed by atoms with van der Waals surface area (Å²) in [4.78, 5) is 19.2. The monoisotopic (exact) mass is 521 g/mol. The number of methoxy groups -OCH3 is 2. The third-order valence-corrected chi connectivity index (χ3v) is 7.37. The summed E-state index contributed by atoms with van der Waals surface area (Å²) in [6, 6.07) is 18.2. The fraction of sp³-hybridized carbons (Fsp3) is 0.286. The molecule has 36 heavy (non-hydrogen) atoms. The van der Waals surface area contributed by atoms with Gasteiger partial charge in [0.25, 0.3) is 5.56 Å². The molecule has 0 aliphatic rings. The van der Waals surface area contributed by atoms with Gasteiger partial charge in [-0.05, 0) is 83.4 Å². The summed E-state index contributed by atoms with van der Waals surface area (Å²) in [5.74, 6) is 1.41. The molecule has 0 aliphatic heterocycles. The number of hydrogen-bond donors (Lipinski definition) is 2. The highest BCUT2D eigenvalue weighted by Gasteiger charge is 2.15. The van der Waals surface area contributed by atoms with Crippen LogP contribution in [0.5, 0.6) is 11.5 Å². The first-order valence-corrected chi connectivity index (χ1v) is 13.2. The Labute approximate surface area is 220 Å². The number of ether oxygens (including phenoxy) is 2. The molecule has 0 amide bonds. The minimum absolute atomic E-state index is 0.0870. The quantitative estimate of drug-likeness (QED) is 0.277. The Kier molecular flexibility index (Phi) is 8.61. The van der Waals surface area contributed by atoms with Gasteiger partial charge in [0.15, 0.2) is 16.6 Å². The van der Waals surface area contributed by atoms with Gasteiger partial charge < -0.3 is 24.7 Å². The zero-order chi connectivity index (χ0) is 25.5. The van der Waals surface area contributed by atoms with E-state index in [1.54, 1.807) is 25.6 Å². The molecule has 0 bridgehead atoms. The highest BCUT2D eigenvalue weighted by Crippen LogP contribution is 2.27. The minimum Gasteiger partial charge on any atom is -0.493 e. The van der Waals surface area contributed by atoms with E-state index in [2.05, 4.69) is 45.7 Å². The van der Waals surface area contributed by atoms with E-state index in [1.165, 1.54) is 10.4 Å². The molecule has 0 fully saturated rings. The Hall–Kier alpha value is -3.36. The van der Waals surface area contributed by atoms with E-state index in [0.29, 0.717) is 41.8 Å². The molecular weight excluding hydrogens is 490 g/mol. The van der Waals surface area contributed by atoms with Crippen LogP contribution in [0.25, 0.3) is 10.9 Å². The lowest BCUT2D eigenvalue weighted by Gasteiger charge is -2.25. The Morgan fingerprint density at radius 1 is 1.03 bits per heavy atom. The number of aromatic nitrogens is 1. The molecule has 2 heterocycles. The second-order valence-electron chi connectivity index (χ2n) is 8.51. The molecule has 0 atom stereocenters. The Morgan fingerprint density at radius 2 is 1.83 bits per heavy atom. The predicted octanol–water partition coefficient (Wildman–Crippen LogP) is 5.29. The number of pyridine rings is 1. The van der Waals surface area contributed by atoms with Gasteiger partial charge >= 0.3 is 0 Å². The predicted molar refractivity (Wildman–Crippen MR) is 151 cm³/mol. The maximum Gasteiger partial charge on any atom is 0.253 e. The van der Waals surface area contributed by atoms with Crippen LogP contribution in [0.2, 0.25) is 0 Å².